The molecule has 0 bridgehead atoms. The van der Waals surface area contributed by atoms with Crippen molar-refractivity contribution in [3.63, 3.8) is 0 Å². The van der Waals surface area contributed by atoms with Crippen molar-refractivity contribution >= 4 is 0 Å². The van der Waals surface area contributed by atoms with E-state index in [1.165, 1.54) is 6.07 Å². The Balaban J connectivity index is 0.000000199. The first-order valence-corrected chi connectivity index (χ1v) is 9.67. The SMILES string of the molecule is C[C@H]1OC(CO)CC(O)C1O.Cc1nnc(-c2ccc(-c3ccccc3F)cc2)o1. The molecule has 0 spiro atoms. The van der Waals surface area contributed by atoms with Gasteiger partial charge in [0.2, 0.25) is 11.8 Å². The Morgan fingerprint density at radius 1 is 1.03 bits per heavy atom. The van der Waals surface area contributed by atoms with Gasteiger partial charge in [0, 0.05) is 24.5 Å². The number of benzene rings is 2. The van der Waals surface area contributed by atoms with E-state index in [1.54, 1.807) is 26.0 Å². The molecular weight excluding hydrogens is 391 g/mol. The fourth-order valence-corrected chi connectivity index (χ4v) is 3.18. The smallest absolute Gasteiger partial charge is 0.247 e. The fourth-order valence-electron chi connectivity index (χ4n) is 3.18. The highest BCUT2D eigenvalue weighted by Crippen LogP contribution is 2.26. The molecule has 7 nitrogen and oxygen atoms in total. The van der Waals surface area contributed by atoms with Gasteiger partial charge in [0.1, 0.15) is 11.9 Å². The number of hydrogen-bond donors (Lipinski definition) is 3. The lowest BCUT2D eigenvalue weighted by Crippen LogP contribution is -2.47. The van der Waals surface area contributed by atoms with Crippen LogP contribution < -0.4 is 0 Å². The first kappa shape index (κ1) is 22.0. The molecule has 3 N–H and O–H groups in total. The minimum Gasteiger partial charge on any atom is -0.421 e. The Morgan fingerprint density at radius 3 is 2.27 bits per heavy atom. The molecular formula is C22H25FN2O5. The van der Waals surface area contributed by atoms with Gasteiger partial charge in [-0.15, -0.1) is 10.2 Å². The molecule has 1 aliphatic rings. The summed E-state index contributed by atoms with van der Waals surface area (Å²) >= 11 is 0. The summed E-state index contributed by atoms with van der Waals surface area (Å²) in [4.78, 5) is 0. The molecule has 30 heavy (non-hydrogen) atoms. The van der Waals surface area contributed by atoms with Crippen molar-refractivity contribution in [3.8, 4) is 22.6 Å². The van der Waals surface area contributed by atoms with E-state index in [-0.39, 0.29) is 18.5 Å². The second-order valence-electron chi connectivity index (χ2n) is 7.12. The van der Waals surface area contributed by atoms with Gasteiger partial charge < -0.3 is 24.5 Å². The van der Waals surface area contributed by atoms with Crippen LogP contribution in [0.25, 0.3) is 22.6 Å². The van der Waals surface area contributed by atoms with Crippen LogP contribution in [0.3, 0.4) is 0 Å². The zero-order chi connectivity index (χ0) is 21.7. The summed E-state index contributed by atoms with van der Waals surface area (Å²) in [5.41, 5.74) is 2.22. The van der Waals surface area contributed by atoms with Crippen LogP contribution in [-0.2, 0) is 4.74 Å². The van der Waals surface area contributed by atoms with Crippen LogP contribution in [0.5, 0.6) is 0 Å². The molecule has 0 aliphatic carbocycles. The van der Waals surface area contributed by atoms with E-state index in [4.69, 9.17) is 14.3 Å². The summed E-state index contributed by atoms with van der Waals surface area (Å²) in [5.74, 6) is 0.759. The van der Waals surface area contributed by atoms with Gasteiger partial charge in [0.05, 0.1) is 24.9 Å². The van der Waals surface area contributed by atoms with Crippen molar-refractivity contribution in [1.82, 2.24) is 10.2 Å². The van der Waals surface area contributed by atoms with Crippen molar-refractivity contribution in [2.45, 2.75) is 44.7 Å². The Kier molecular flexibility index (Phi) is 7.28. The third-order valence-electron chi connectivity index (χ3n) is 4.83. The average molecular weight is 416 g/mol. The number of hydrogen-bond acceptors (Lipinski definition) is 7. The van der Waals surface area contributed by atoms with Gasteiger partial charge in [-0.05, 0) is 30.7 Å². The average Bonchev–Trinajstić information content (AvgIpc) is 3.19. The monoisotopic (exact) mass is 416 g/mol. The summed E-state index contributed by atoms with van der Waals surface area (Å²) < 4.78 is 24.2. The van der Waals surface area contributed by atoms with E-state index in [2.05, 4.69) is 10.2 Å². The van der Waals surface area contributed by atoms with E-state index in [9.17, 15) is 14.6 Å². The van der Waals surface area contributed by atoms with Gasteiger partial charge in [-0.3, -0.25) is 0 Å². The Bertz CT molecular complexity index is 935. The molecule has 2 aromatic carbocycles. The van der Waals surface area contributed by atoms with Gasteiger partial charge in [-0.1, -0.05) is 30.3 Å². The normalized spacial score (nSPS) is 23.5. The predicted octanol–water partition coefficient (Wildman–Crippen LogP) is 2.73. The highest BCUT2D eigenvalue weighted by molar-refractivity contribution is 5.67. The third kappa shape index (κ3) is 5.28. The fraction of sp³-hybridized carbons (Fsp3) is 0.364. The van der Waals surface area contributed by atoms with E-state index < -0.39 is 18.3 Å². The van der Waals surface area contributed by atoms with E-state index >= 15 is 0 Å². The number of rotatable bonds is 3. The lowest BCUT2D eigenvalue weighted by atomic mass is 9.99. The molecule has 1 saturated heterocycles. The molecule has 0 amide bonds. The van der Waals surface area contributed by atoms with Crippen molar-refractivity contribution in [2.24, 2.45) is 0 Å². The van der Waals surface area contributed by atoms with E-state index in [0.29, 0.717) is 23.8 Å². The van der Waals surface area contributed by atoms with Crippen molar-refractivity contribution in [1.29, 1.82) is 0 Å². The largest absolute Gasteiger partial charge is 0.421 e. The minimum absolute atomic E-state index is 0.103. The van der Waals surface area contributed by atoms with Gasteiger partial charge in [-0.25, -0.2) is 4.39 Å². The van der Waals surface area contributed by atoms with Gasteiger partial charge in [0.25, 0.3) is 0 Å². The first-order chi connectivity index (χ1) is 14.4. The standard InChI is InChI=1S/C15H11FN2O.C7H14O4/c1-10-17-18-15(19-10)12-8-6-11(7-9-12)13-4-2-3-5-14(13)16;1-4-7(10)6(9)2-5(3-8)11-4/h2-9H,1H3;4-10H,2-3H2,1H3/t;4-,5?,6?,7?/m.1/s1. The predicted molar refractivity (Wildman–Crippen MR) is 108 cm³/mol. The number of halogens is 1. The van der Waals surface area contributed by atoms with Crippen LogP contribution in [0.2, 0.25) is 0 Å². The molecule has 8 heteroatoms. The van der Waals surface area contributed by atoms with Crippen LogP contribution in [0, 0.1) is 12.7 Å². The molecule has 2 heterocycles. The Labute approximate surface area is 173 Å². The van der Waals surface area contributed by atoms with Crippen molar-refractivity contribution in [3.05, 3.63) is 60.2 Å². The van der Waals surface area contributed by atoms with Crippen LogP contribution >= 0.6 is 0 Å². The summed E-state index contributed by atoms with van der Waals surface area (Å²) in [5, 5.41) is 34.8. The molecule has 1 aromatic heterocycles. The second-order valence-corrected chi connectivity index (χ2v) is 7.12. The maximum Gasteiger partial charge on any atom is 0.247 e. The number of ether oxygens (including phenoxy) is 1. The summed E-state index contributed by atoms with van der Waals surface area (Å²) in [7, 11) is 0. The number of aryl methyl sites for hydroxylation is 1. The van der Waals surface area contributed by atoms with Gasteiger partial charge in [0.15, 0.2) is 0 Å². The number of aliphatic hydroxyl groups is 3. The van der Waals surface area contributed by atoms with Crippen LogP contribution in [0.1, 0.15) is 19.2 Å². The lowest BCUT2D eigenvalue weighted by Gasteiger charge is -2.34. The molecule has 4 atom stereocenters. The molecule has 0 radical (unpaired) electrons. The molecule has 3 aromatic rings. The number of aromatic nitrogens is 2. The lowest BCUT2D eigenvalue weighted by molar-refractivity contribution is -0.170. The second kappa shape index (κ2) is 9.90. The highest BCUT2D eigenvalue weighted by Gasteiger charge is 2.33. The van der Waals surface area contributed by atoms with Crippen LogP contribution in [0.4, 0.5) is 4.39 Å². The summed E-state index contributed by atoms with van der Waals surface area (Å²) in [6, 6.07) is 14.1. The first-order valence-electron chi connectivity index (χ1n) is 9.67. The Hall–Kier alpha value is -2.65. The topological polar surface area (TPSA) is 109 Å². The summed E-state index contributed by atoms with van der Waals surface area (Å²) in [6.07, 6.45) is -2.00. The number of nitrogens with zero attached hydrogens (tertiary/aromatic N) is 2. The highest BCUT2D eigenvalue weighted by atomic mass is 19.1. The third-order valence-corrected chi connectivity index (χ3v) is 4.83. The van der Waals surface area contributed by atoms with Crippen LogP contribution in [-0.4, -0.2) is 56.5 Å². The molecule has 160 valence electrons. The number of aliphatic hydroxyl groups excluding tert-OH is 3. The van der Waals surface area contributed by atoms with Crippen molar-refractivity contribution < 1.29 is 28.9 Å². The molecule has 3 unspecified atom stereocenters. The van der Waals surface area contributed by atoms with Gasteiger partial charge >= 0.3 is 0 Å². The summed E-state index contributed by atoms with van der Waals surface area (Å²) in [6.45, 7) is 3.31. The minimum atomic E-state index is -0.821. The van der Waals surface area contributed by atoms with Crippen molar-refractivity contribution in [2.75, 3.05) is 6.61 Å². The Morgan fingerprint density at radius 2 is 1.70 bits per heavy atom. The van der Waals surface area contributed by atoms with E-state index in [0.717, 1.165) is 11.1 Å². The van der Waals surface area contributed by atoms with Gasteiger partial charge in [-0.2, -0.15) is 0 Å². The van der Waals surface area contributed by atoms with E-state index in [1.807, 2.05) is 30.3 Å². The zero-order valence-electron chi connectivity index (χ0n) is 16.8. The zero-order valence-corrected chi connectivity index (χ0v) is 16.8. The van der Waals surface area contributed by atoms with Crippen LogP contribution in [0.15, 0.2) is 52.9 Å². The maximum absolute atomic E-state index is 13.7. The molecule has 0 saturated carbocycles. The molecule has 1 aliphatic heterocycles. The maximum atomic E-state index is 13.7. The quantitative estimate of drug-likeness (QED) is 0.602. The molecule has 4 rings (SSSR count). The molecule has 1 fully saturated rings.